The van der Waals surface area contributed by atoms with Crippen LogP contribution in [0.3, 0.4) is 0 Å². The molecule has 0 atom stereocenters. The Labute approximate surface area is 162 Å². The number of sulfonamides is 1. The maximum atomic E-state index is 12.7. The quantitative estimate of drug-likeness (QED) is 0.520. The van der Waals surface area contributed by atoms with Crippen molar-refractivity contribution in [3.8, 4) is 0 Å². The smallest absolute Gasteiger partial charge is 0.241 e. The van der Waals surface area contributed by atoms with Crippen LogP contribution in [0, 0.1) is 0 Å². The van der Waals surface area contributed by atoms with Gasteiger partial charge in [0.2, 0.25) is 10.0 Å². The SMILES string of the molecule is C=C/C=C(\C(=C)S(=O)(=O)NC(C)(C)C)c1cnc(C2CCCCCC2)s1. The fourth-order valence-corrected chi connectivity index (χ4v) is 5.77. The number of thiazole rings is 1. The Balaban J connectivity index is 2.29. The Morgan fingerprint density at radius 1 is 1.27 bits per heavy atom. The summed E-state index contributed by atoms with van der Waals surface area (Å²) in [7, 11) is -3.69. The lowest BCUT2D eigenvalue weighted by Gasteiger charge is -2.21. The lowest BCUT2D eigenvalue weighted by atomic mass is 10.0. The van der Waals surface area contributed by atoms with Crippen LogP contribution in [-0.4, -0.2) is 18.9 Å². The zero-order chi connectivity index (χ0) is 19.4. The van der Waals surface area contributed by atoms with Gasteiger partial charge in [0.15, 0.2) is 0 Å². The molecule has 1 aliphatic carbocycles. The first-order valence-electron chi connectivity index (χ1n) is 9.16. The highest BCUT2D eigenvalue weighted by Crippen LogP contribution is 2.37. The van der Waals surface area contributed by atoms with Gasteiger partial charge in [-0.15, -0.1) is 11.3 Å². The summed E-state index contributed by atoms with van der Waals surface area (Å²) >= 11 is 1.58. The maximum Gasteiger partial charge on any atom is 0.241 e. The van der Waals surface area contributed by atoms with Crippen molar-refractivity contribution in [2.24, 2.45) is 0 Å². The highest BCUT2D eigenvalue weighted by molar-refractivity contribution is 7.94. The van der Waals surface area contributed by atoms with E-state index >= 15 is 0 Å². The molecule has 1 N–H and O–H groups in total. The minimum atomic E-state index is -3.69. The second-order valence-corrected chi connectivity index (χ2v) is 10.6. The summed E-state index contributed by atoms with van der Waals surface area (Å²) in [4.78, 5) is 5.50. The van der Waals surface area contributed by atoms with Gasteiger partial charge >= 0.3 is 0 Å². The number of allylic oxidation sites excluding steroid dienone is 3. The topological polar surface area (TPSA) is 59.1 Å². The first kappa shape index (κ1) is 21.1. The standard InChI is InChI=1S/C20H30N2O2S2/c1-6-11-17(15(2)26(23,24)22-20(3,4)5)18-14-21-19(25-18)16-12-9-7-8-10-13-16/h6,11,14,16,22H,1-2,7-10,12-13H2,3-5H3/b17-11+. The predicted molar refractivity (Wildman–Crippen MR) is 112 cm³/mol. The van der Waals surface area contributed by atoms with Gasteiger partial charge < -0.3 is 0 Å². The van der Waals surface area contributed by atoms with E-state index in [1.165, 1.54) is 25.7 Å². The molecule has 0 aromatic carbocycles. The van der Waals surface area contributed by atoms with Crippen LogP contribution in [0.15, 0.2) is 36.4 Å². The molecule has 0 unspecified atom stereocenters. The molecule has 0 radical (unpaired) electrons. The number of hydrogen-bond acceptors (Lipinski definition) is 4. The number of hydrogen-bond donors (Lipinski definition) is 1. The molecule has 2 rings (SSSR count). The highest BCUT2D eigenvalue weighted by atomic mass is 32.2. The van der Waals surface area contributed by atoms with Crippen molar-refractivity contribution in [3.63, 3.8) is 0 Å². The van der Waals surface area contributed by atoms with E-state index in [2.05, 4.69) is 22.9 Å². The van der Waals surface area contributed by atoms with Crippen molar-refractivity contribution in [2.45, 2.75) is 70.8 Å². The molecule has 4 nitrogen and oxygen atoms in total. The first-order chi connectivity index (χ1) is 12.1. The normalized spacial score (nSPS) is 17.7. The number of nitrogens with zero attached hydrogens (tertiary/aromatic N) is 1. The molecule has 0 bridgehead atoms. The van der Waals surface area contributed by atoms with Gasteiger partial charge in [-0.3, -0.25) is 0 Å². The average Bonchev–Trinajstić information content (AvgIpc) is 2.84. The van der Waals surface area contributed by atoms with Gasteiger partial charge in [-0.2, -0.15) is 0 Å². The van der Waals surface area contributed by atoms with Crippen LogP contribution in [0.2, 0.25) is 0 Å². The van der Waals surface area contributed by atoms with Crippen LogP contribution in [0.25, 0.3) is 5.57 Å². The molecular weight excluding hydrogens is 364 g/mol. The third-order valence-electron chi connectivity index (χ3n) is 4.34. The molecule has 1 saturated carbocycles. The Morgan fingerprint density at radius 3 is 2.42 bits per heavy atom. The fourth-order valence-electron chi connectivity index (χ4n) is 3.17. The molecule has 1 aromatic heterocycles. The zero-order valence-corrected chi connectivity index (χ0v) is 17.7. The van der Waals surface area contributed by atoms with Gasteiger partial charge in [-0.1, -0.05) is 51.0 Å². The van der Waals surface area contributed by atoms with E-state index in [4.69, 9.17) is 0 Å². The van der Waals surface area contributed by atoms with Crippen molar-refractivity contribution >= 4 is 26.9 Å². The highest BCUT2D eigenvalue weighted by Gasteiger charge is 2.27. The Morgan fingerprint density at radius 2 is 1.88 bits per heavy atom. The summed E-state index contributed by atoms with van der Waals surface area (Å²) in [6, 6.07) is 0. The van der Waals surface area contributed by atoms with Gasteiger partial charge in [0.25, 0.3) is 0 Å². The monoisotopic (exact) mass is 394 g/mol. The zero-order valence-electron chi connectivity index (χ0n) is 16.0. The summed E-state index contributed by atoms with van der Waals surface area (Å²) in [6.07, 6.45) is 12.5. The summed E-state index contributed by atoms with van der Waals surface area (Å²) in [5.41, 5.74) is -0.00518. The molecule has 0 amide bonds. The lowest BCUT2D eigenvalue weighted by molar-refractivity contribution is 0.496. The number of aromatic nitrogens is 1. The average molecular weight is 395 g/mol. The number of rotatable bonds is 6. The van der Waals surface area contributed by atoms with E-state index in [-0.39, 0.29) is 4.91 Å². The van der Waals surface area contributed by atoms with Crippen LogP contribution in [0.5, 0.6) is 0 Å². The van der Waals surface area contributed by atoms with Crippen molar-refractivity contribution in [1.82, 2.24) is 9.71 Å². The molecular formula is C20H30N2O2S2. The van der Waals surface area contributed by atoms with E-state index < -0.39 is 15.6 Å². The molecule has 6 heteroatoms. The molecule has 1 aliphatic rings. The largest absolute Gasteiger partial charge is 0.249 e. The van der Waals surface area contributed by atoms with Crippen LogP contribution in [0.1, 0.15) is 75.1 Å². The Kier molecular flexibility index (Phi) is 6.99. The number of nitrogens with one attached hydrogen (secondary N) is 1. The molecule has 144 valence electrons. The van der Waals surface area contributed by atoms with E-state index in [0.717, 1.165) is 22.7 Å². The van der Waals surface area contributed by atoms with Gasteiger partial charge in [0.05, 0.1) is 14.8 Å². The van der Waals surface area contributed by atoms with Gasteiger partial charge in [0.1, 0.15) is 0 Å². The fraction of sp³-hybridized carbons (Fsp3) is 0.550. The van der Waals surface area contributed by atoms with Crippen molar-refractivity contribution < 1.29 is 8.42 Å². The predicted octanol–water partition coefficient (Wildman–Crippen LogP) is 5.38. The maximum absolute atomic E-state index is 12.7. The molecule has 1 fully saturated rings. The molecule has 26 heavy (non-hydrogen) atoms. The van der Waals surface area contributed by atoms with Crippen LogP contribution in [-0.2, 0) is 10.0 Å². The van der Waals surface area contributed by atoms with E-state index in [0.29, 0.717) is 11.5 Å². The minimum Gasteiger partial charge on any atom is -0.249 e. The van der Waals surface area contributed by atoms with Crippen LogP contribution < -0.4 is 4.72 Å². The first-order valence-corrected chi connectivity index (χ1v) is 11.5. The van der Waals surface area contributed by atoms with Crippen molar-refractivity contribution in [3.05, 3.63) is 46.3 Å². The second-order valence-electron chi connectivity index (χ2n) is 7.85. The van der Waals surface area contributed by atoms with Gasteiger partial charge in [0, 0.05) is 23.2 Å². The van der Waals surface area contributed by atoms with Crippen molar-refractivity contribution in [2.75, 3.05) is 0 Å². The summed E-state index contributed by atoms with van der Waals surface area (Å²) < 4.78 is 28.0. The molecule has 1 heterocycles. The second kappa shape index (κ2) is 8.63. The van der Waals surface area contributed by atoms with Gasteiger partial charge in [-0.25, -0.2) is 18.1 Å². The summed E-state index contributed by atoms with van der Waals surface area (Å²) in [6.45, 7) is 13.0. The van der Waals surface area contributed by atoms with E-state index in [1.54, 1.807) is 29.7 Å². The van der Waals surface area contributed by atoms with Gasteiger partial charge in [-0.05, 0) is 33.6 Å². The Bertz CT molecular complexity index is 775. The van der Waals surface area contributed by atoms with E-state index in [1.807, 2.05) is 20.8 Å². The molecule has 0 aliphatic heterocycles. The third kappa shape index (κ3) is 5.63. The van der Waals surface area contributed by atoms with E-state index in [9.17, 15) is 8.42 Å². The summed E-state index contributed by atoms with van der Waals surface area (Å²) in [5.74, 6) is 0.485. The third-order valence-corrected chi connectivity index (χ3v) is 7.29. The van der Waals surface area contributed by atoms with Crippen LogP contribution in [0.4, 0.5) is 0 Å². The minimum absolute atomic E-state index is 0.0587. The molecule has 0 saturated heterocycles. The van der Waals surface area contributed by atoms with Crippen LogP contribution >= 0.6 is 11.3 Å². The molecule has 0 spiro atoms. The lowest BCUT2D eigenvalue weighted by Crippen LogP contribution is -2.41. The summed E-state index contributed by atoms with van der Waals surface area (Å²) in [5, 5.41) is 1.10. The Hall–Kier alpha value is -1.24. The molecule has 1 aromatic rings. The van der Waals surface area contributed by atoms with Crippen molar-refractivity contribution in [1.29, 1.82) is 0 Å².